The van der Waals surface area contributed by atoms with Crippen molar-refractivity contribution in [1.82, 2.24) is 25.3 Å². The van der Waals surface area contributed by atoms with E-state index in [1.54, 1.807) is 0 Å². The third-order valence-electron chi connectivity index (χ3n) is 11.7. The Kier molecular flexibility index (Phi) is 39.3. The van der Waals surface area contributed by atoms with E-state index in [2.05, 4.69) is 83.4 Å². The first kappa shape index (κ1) is 54.7. The quantitative estimate of drug-likeness (QED) is 0.0643. The van der Waals surface area contributed by atoms with Crippen LogP contribution in [0.15, 0.2) is 30.3 Å². The zero-order valence-corrected chi connectivity index (χ0v) is 39.5. The van der Waals surface area contributed by atoms with Crippen molar-refractivity contribution in [3.05, 3.63) is 35.9 Å². The average molecular weight is 828 g/mol. The Morgan fingerprint density at radius 1 is 0.424 bits per heavy atom. The van der Waals surface area contributed by atoms with Crippen LogP contribution < -0.4 is 10.6 Å². The molecule has 8 heteroatoms. The molecular formula is C51H97N5O3. The molecule has 1 rings (SSSR count). The normalized spacial score (nSPS) is 11.3. The van der Waals surface area contributed by atoms with Gasteiger partial charge in [-0.05, 0) is 89.4 Å². The summed E-state index contributed by atoms with van der Waals surface area (Å²) in [5.74, 6) is 0. The van der Waals surface area contributed by atoms with Gasteiger partial charge < -0.3 is 30.1 Å². The molecule has 1 aromatic rings. The van der Waals surface area contributed by atoms with Gasteiger partial charge in [-0.3, -0.25) is 0 Å². The number of carbonyl (C=O) groups excluding carboxylic acids is 2. The molecule has 0 aliphatic rings. The molecule has 0 radical (unpaired) electrons. The monoisotopic (exact) mass is 828 g/mol. The maximum absolute atomic E-state index is 13.1. The third-order valence-corrected chi connectivity index (χ3v) is 11.7. The van der Waals surface area contributed by atoms with Gasteiger partial charge in [-0.2, -0.15) is 0 Å². The Balaban J connectivity index is 2.42. The molecule has 0 atom stereocenters. The molecular weight excluding hydrogens is 731 g/mol. The van der Waals surface area contributed by atoms with Crippen LogP contribution in [0.4, 0.5) is 9.59 Å². The first-order valence-corrected chi connectivity index (χ1v) is 25.4. The summed E-state index contributed by atoms with van der Waals surface area (Å²) in [4.78, 5) is 32.9. The number of hydrogen-bond donors (Lipinski definition) is 2. The largest absolute Gasteiger partial charge is 0.377 e. The van der Waals surface area contributed by atoms with Crippen LogP contribution >= 0.6 is 0 Å². The SMILES string of the molecule is CCCCCCCCN(CCCCC)C(=O)NCCCCCCN(CCCCCCNC(=O)N(CCCCC)CCCCCCCC)CCCCOCc1ccccc1. The van der Waals surface area contributed by atoms with Crippen LogP contribution in [0.5, 0.6) is 0 Å². The van der Waals surface area contributed by atoms with Crippen molar-refractivity contribution in [2.45, 2.75) is 214 Å². The molecule has 0 bridgehead atoms. The predicted molar refractivity (Wildman–Crippen MR) is 254 cm³/mol. The van der Waals surface area contributed by atoms with E-state index in [0.29, 0.717) is 6.61 Å². The van der Waals surface area contributed by atoms with Crippen LogP contribution in [-0.2, 0) is 11.3 Å². The van der Waals surface area contributed by atoms with E-state index in [-0.39, 0.29) is 12.1 Å². The zero-order valence-electron chi connectivity index (χ0n) is 39.5. The summed E-state index contributed by atoms with van der Waals surface area (Å²) in [6.07, 6.45) is 33.6. The van der Waals surface area contributed by atoms with Crippen LogP contribution in [0, 0.1) is 0 Å². The van der Waals surface area contributed by atoms with E-state index in [1.807, 2.05) is 0 Å². The van der Waals surface area contributed by atoms with E-state index in [0.717, 1.165) is 130 Å². The molecule has 0 heterocycles. The van der Waals surface area contributed by atoms with Crippen LogP contribution in [0.1, 0.15) is 213 Å². The van der Waals surface area contributed by atoms with Crippen LogP contribution in [-0.4, -0.2) is 92.3 Å². The Morgan fingerprint density at radius 3 is 1.20 bits per heavy atom. The van der Waals surface area contributed by atoms with E-state index < -0.39 is 0 Å². The lowest BCUT2D eigenvalue weighted by molar-refractivity contribution is 0.114. The highest BCUT2D eigenvalue weighted by Crippen LogP contribution is 2.11. The Morgan fingerprint density at radius 2 is 0.763 bits per heavy atom. The second-order valence-electron chi connectivity index (χ2n) is 17.3. The summed E-state index contributed by atoms with van der Waals surface area (Å²) >= 11 is 0. The van der Waals surface area contributed by atoms with Gasteiger partial charge in [0.25, 0.3) is 0 Å². The lowest BCUT2D eigenvalue weighted by Gasteiger charge is -2.24. The van der Waals surface area contributed by atoms with Crippen molar-refractivity contribution in [2.75, 3.05) is 65.5 Å². The topological polar surface area (TPSA) is 77.2 Å². The molecule has 2 N–H and O–H groups in total. The lowest BCUT2D eigenvalue weighted by Crippen LogP contribution is -2.41. The first-order valence-electron chi connectivity index (χ1n) is 25.4. The number of ether oxygens (including phenoxy) is 1. The molecule has 8 nitrogen and oxygen atoms in total. The molecule has 0 aliphatic carbocycles. The number of rotatable bonds is 43. The molecule has 4 amide bonds. The second kappa shape index (κ2) is 42.4. The number of nitrogens with zero attached hydrogens (tertiary/aromatic N) is 3. The first-order chi connectivity index (χ1) is 29.0. The summed E-state index contributed by atoms with van der Waals surface area (Å²) in [5, 5.41) is 6.50. The Hall–Kier alpha value is -2.32. The minimum atomic E-state index is 0.142. The van der Waals surface area contributed by atoms with Gasteiger partial charge in [-0.15, -0.1) is 0 Å². The third kappa shape index (κ3) is 34.0. The van der Waals surface area contributed by atoms with Gasteiger partial charge in [0.05, 0.1) is 6.61 Å². The molecule has 0 saturated heterocycles. The minimum Gasteiger partial charge on any atom is -0.377 e. The van der Waals surface area contributed by atoms with Crippen molar-refractivity contribution < 1.29 is 14.3 Å². The number of nitrogens with one attached hydrogen (secondary N) is 2. The fraction of sp³-hybridized carbons (Fsp3) is 0.843. The number of hydrogen-bond acceptors (Lipinski definition) is 4. The Labute approximate surface area is 366 Å². The molecule has 344 valence electrons. The average Bonchev–Trinajstić information content (AvgIpc) is 3.25. The van der Waals surface area contributed by atoms with Crippen molar-refractivity contribution in [1.29, 1.82) is 0 Å². The number of unbranched alkanes of at least 4 members (excludes halogenated alkanes) is 21. The summed E-state index contributed by atoms with van der Waals surface area (Å²) < 4.78 is 5.98. The van der Waals surface area contributed by atoms with Crippen molar-refractivity contribution in [3.63, 3.8) is 0 Å². The van der Waals surface area contributed by atoms with E-state index in [9.17, 15) is 9.59 Å². The summed E-state index contributed by atoms with van der Waals surface area (Å²) in [5.41, 5.74) is 1.24. The van der Waals surface area contributed by atoms with Gasteiger partial charge in [-0.1, -0.05) is 174 Å². The highest BCUT2D eigenvalue weighted by Gasteiger charge is 2.14. The van der Waals surface area contributed by atoms with Crippen molar-refractivity contribution in [3.8, 4) is 0 Å². The number of amides is 4. The van der Waals surface area contributed by atoms with Gasteiger partial charge in [0.1, 0.15) is 0 Å². The fourth-order valence-electron chi connectivity index (χ4n) is 7.78. The summed E-state index contributed by atoms with van der Waals surface area (Å²) in [6.45, 7) is 19.0. The molecule has 0 saturated carbocycles. The zero-order chi connectivity index (χ0) is 42.7. The van der Waals surface area contributed by atoms with Gasteiger partial charge in [0.2, 0.25) is 0 Å². The molecule has 0 unspecified atom stereocenters. The van der Waals surface area contributed by atoms with Crippen LogP contribution in [0.2, 0.25) is 0 Å². The highest BCUT2D eigenvalue weighted by atomic mass is 16.5. The van der Waals surface area contributed by atoms with Crippen molar-refractivity contribution >= 4 is 12.1 Å². The van der Waals surface area contributed by atoms with Crippen LogP contribution in [0.3, 0.4) is 0 Å². The summed E-state index contributed by atoms with van der Waals surface area (Å²) in [6, 6.07) is 10.7. The Bertz CT molecular complexity index is 988. The molecule has 0 aliphatic heterocycles. The fourth-order valence-corrected chi connectivity index (χ4v) is 7.78. The number of carbonyl (C=O) groups is 2. The number of urea groups is 2. The summed E-state index contributed by atoms with van der Waals surface area (Å²) in [7, 11) is 0. The van der Waals surface area contributed by atoms with Gasteiger partial charge in [0.15, 0.2) is 0 Å². The maximum Gasteiger partial charge on any atom is 0.317 e. The minimum absolute atomic E-state index is 0.142. The maximum atomic E-state index is 13.1. The molecule has 59 heavy (non-hydrogen) atoms. The van der Waals surface area contributed by atoms with Gasteiger partial charge in [0, 0.05) is 45.9 Å². The molecule has 0 spiro atoms. The molecule has 0 fully saturated rings. The van der Waals surface area contributed by atoms with Gasteiger partial charge >= 0.3 is 12.1 Å². The van der Waals surface area contributed by atoms with E-state index >= 15 is 0 Å². The molecule has 1 aromatic carbocycles. The smallest absolute Gasteiger partial charge is 0.317 e. The standard InChI is InChI=1S/C51H97N5O3/c1-5-9-13-15-19-32-45-55(43-28-11-7-3)50(57)52-38-26-17-21-30-40-54(42-34-35-47-59-48-49-36-24-23-25-37-49)41-31-22-18-27-39-53-51(58)56(44-29-12-8-4)46-33-20-16-14-10-6-2/h23-25,36-37H,5-22,26-35,38-48H2,1-4H3,(H,52,57)(H,53,58). The van der Waals surface area contributed by atoms with Crippen molar-refractivity contribution in [2.24, 2.45) is 0 Å². The highest BCUT2D eigenvalue weighted by molar-refractivity contribution is 5.74. The van der Waals surface area contributed by atoms with E-state index in [1.165, 1.54) is 121 Å². The molecule has 0 aromatic heterocycles. The number of benzene rings is 1. The lowest BCUT2D eigenvalue weighted by atomic mass is 10.1. The van der Waals surface area contributed by atoms with Crippen LogP contribution in [0.25, 0.3) is 0 Å². The second-order valence-corrected chi connectivity index (χ2v) is 17.3. The van der Waals surface area contributed by atoms with Gasteiger partial charge in [-0.25, -0.2) is 9.59 Å². The predicted octanol–water partition coefficient (Wildman–Crippen LogP) is 13.5. The van der Waals surface area contributed by atoms with E-state index in [4.69, 9.17) is 4.74 Å².